The van der Waals surface area contributed by atoms with Crippen LogP contribution in [0, 0.1) is 6.92 Å². The molecule has 2 aliphatic heterocycles. The first-order valence-corrected chi connectivity index (χ1v) is 10.7. The number of carbonyl (C=O) groups excluding carboxylic acids is 1. The van der Waals surface area contributed by atoms with Gasteiger partial charge in [0.15, 0.2) is 9.84 Å². The number of carbonyl (C=O) groups is 1. The van der Waals surface area contributed by atoms with Crippen LogP contribution in [0.3, 0.4) is 0 Å². The van der Waals surface area contributed by atoms with E-state index in [0.717, 1.165) is 4.88 Å². The summed E-state index contributed by atoms with van der Waals surface area (Å²) in [6, 6.07) is 4.79. The lowest BCUT2D eigenvalue weighted by atomic mass is 10.0. The second-order valence-electron chi connectivity index (χ2n) is 6.36. The highest BCUT2D eigenvalue weighted by Crippen LogP contribution is 2.31. The number of piperazine rings is 1. The van der Waals surface area contributed by atoms with Gasteiger partial charge in [-0.2, -0.15) is 0 Å². The standard InChI is InChI=1S/C16H18N4O3S2/c1-11-3-4-14(24-11)15(21)19-7-8-20(16-17-5-2-6-18-16)13-10-25(22,23)9-12(13)19/h2-6,12-13H,7-10H2,1H3/t12-,13+/m0/s1. The highest BCUT2D eigenvalue weighted by atomic mass is 32.2. The minimum absolute atomic E-state index is 0.00288. The summed E-state index contributed by atoms with van der Waals surface area (Å²) < 4.78 is 24.6. The number of nitrogens with zero attached hydrogens (tertiary/aromatic N) is 4. The molecule has 0 spiro atoms. The quantitative estimate of drug-likeness (QED) is 0.774. The number of aromatic nitrogens is 2. The minimum atomic E-state index is -3.20. The van der Waals surface area contributed by atoms with Gasteiger partial charge in [-0.25, -0.2) is 18.4 Å². The predicted octanol–water partition coefficient (Wildman–Crippen LogP) is 0.975. The van der Waals surface area contributed by atoms with Gasteiger partial charge in [0.25, 0.3) is 5.91 Å². The molecule has 0 saturated carbocycles. The maximum atomic E-state index is 12.9. The molecule has 2 saturated heterocycles. The number of anilines is 1. The molecule has 0 N–H and O–H groups in total. The van der Waals surface area contributed by atoms with Crippen molar-refractivity contribution in [2.75, 3.05) is 29.5 Å². The lowest BCUT2D eigenvalue weighted by molar-refractivity contribution is 0.0653. The fraction of sp³-hybridized carbons (Fsp3) is 0.438. The van der Waals surface area contributed by atoms with E-state index in [-0.39, 0.29) is 29.5 Å². The van der Waals surface area contributed by atoms with Crippen LogP contribution in [0.15, 0.2) is 30.6 Å². The van der Waals surface area contributed by atoms with Gasteiger partial charge >= 0.3 is 0 Å². The molecule has 132 valence electrons. The van der Waals surface area contributed by atoms with Crippen LogP contribution in [0.4, 0.5) is 5.95 Å². The van der Waals surface area contributed by atoms with Crippen LogP contribution in [-0.4, -0.2) is 65.9 Å². The predicted molar refractivity (Wildman–Crippen MR) is 95.7 cm³/mol. The Kier molecular flexibility index (Phi) is 3.99. The van der Waals surface area contributed by atoms with Crippen LogP contribution in [0.2, 0.25) is 0 Å². The number of rotatable bonds is 2. The largest absolute Gasteiger partial charge is 0.333 e. The van der Waals surface area contributed by atoms with Crippen LogP contribution in [-0.2, 0) is 9.84 Å². The molecule has 0 aromatic carbocycles. The Morgan fingerprint density at radius 3 is 2.56 bits per heavy atom. The maximum absolute atomic E-state index is 12.9. The van der Waals surface area contributed by atoms with Gasteiger partial charge in [0.2, 0.25) is 5.95 Å². The Morgan fingerprint density at radius 1 is 1.16 bits per heavy atom. The molecule has 4 heterocycles. The van der Waals surface area contributed by atoms with Crippen molar-refractivity contribution < 1.29 is 13.2 Å². The summed E-state index contributed by atoms with van der Waals surface area (Å²) >= 11 is 1.44. The lowest BCUT2D eigenvalue weighted by Crippen LogP contribution is -2.61. The number of fused-ring (bicyclic) bond motifs is 1. The normalized spacial score (nSPS) is 25.0. The van der Waals surface area contributed by atoms with Crippen molar-refractivity contribution >= 4 is 33.0 Å². The zero-order chi connectivity index (χ0) is 17.6. The molecule has 2 aromatic heterocycles. The van der Waals surface area contributed by atoms with E-state index in [1.165, 1.54) is 11.3 Å². The van der Waals surface area contributed by atoms with Crippen LogP contribution >= 0.6 is 11.3 Å². The second kappa shape index (κ2) is 6.06. The van der Waals surface area contributed by atoms with E-state index in [0.29, 0.717) is 23.9 Å². The number of hydrogen-bond donors (Lipinski definition) is 0. The molecule has 7 nitrogen and oxygen atoms in total. The Bertz CT molecular complexity index is 897. The molecular formula is C16H18N4O3S2. The highest BCUT2D eigenvalue weighted by molar-refractivity contribution is 7.91. The summed E-state index contributed by atoms with van der Waals surface area (Å²) in [6.07, 6.45) is 3.29. The molecule has 25 heavy (non-hydrogen) atoms. The second-order valence-corrected chi connectivity index (χ2v) is 9.80. The molecule has 0 bridgehead atoms. The molecule has 0 unspecified atom stereocenters. The van der Waals surface area contributed by atoms with Crippen molar-refractivity contribution in [3.63, 3.8) is 0 Å². The monoisotopic (exact) mass is 378 g/mol. The van der Waals surface area contributed by atoms with Crippen LogP contribution in [0.1, 0.15) is 14.5 Å². The van der Waals surface area contributed by atoms with Crippen molar-refractivity contribution in [3.8, 4) is 0 Å². The minimum Gasteiger partial charge on any atom is -0.333 e. The Morgan fingerprint density at radius 2 is 1.88 bits per heavy atom. The molecule has 1 amide bonds. The fourth-order valence-electron chi connectivity index (χ4n) is 3.58. The zero-order valence-corrected chi connectivity index (χ0v) is 15.3. The van der Waals surface area contributed by atoms with Crippen molar-refractivity contribution in [2.24, 2.45) is 0 Å². The van der Waals surface area contributed by atoms with E-state index in [1.54, 1.807) is 23.4 Å². The maximum Gasteiger partial charge on any atom is 0.264 e. The van der Waals surface area contributed by atoms with Gasteiger partial charge in [0, 0.05) is 30.4 Å². The first-order chi connectivity index (χ1) is 11.9. The first kappa shape index (κ1) is 16.5. The Labute approximate surface area is 150 Å². The van der Waals surface area contributed by atoms with Crippen LogP contribution in [0.5, 0.6) is 0 Å². The molecule has 2 aromatic rings. The lowest BCUT2D eigenvalue weighted by Gasteiger charge is -2.43. The number of hydrogen-bond acceptors (Lipinski definition) is 7. The van der Waals surface area contributed by atoms with Gasteiger partial charge in [0.1, 0.15) is 0 Å². The third kappa shape index (κ3) is 3.02. The summed E-state index contributed by atoms with van der Waals surface area (Å²) in [5.41, 5.74) is 0. The molecule has 2 fully saturated rings. The van der Waals surface area contributed by atoms with Gasteiger partial charge in [-0.3, -0.25) is 4.79 Å². The molecule has 9 heteroatoms. The third-order valence-corrected chi connectivity index (χ3v) is 7.38. The van der Waals surface area contributed by atoms with E-state index < -0.39 is 9.84 Å². The summed E-state index contributed by atoms with van der Waals surface area (Å²) in [6.45, 7) is 2.94. The Balaban J connectivity index is 1.66. The highest BCUT2D eigenvalue weighted by Gasteiger charge is 2.49. The van der Waals surface area contributed by atoms with E-state index in [2.05, 4.69) is 9.97 Å². The smallest absolute Gasteiger partial charge is 0.264 e. The number of aryl methyl sites for hydroxylation is 1. The fourth-order valence-corrected chi connectivity index (χ4v) is 6.39. The van der Waals surface area contributed by atoms with E-state index >= 15 is 0 Å². The number of thiophene rings is 1. The van der Waals surface area contributed by atoms with Gasteiger partial charge in [0.05, 0.1) is 28.5 Å². The van der Waals surface area contributed by atoms with Gasteiger partial charge < -0.3 is 9.80 Å². The molecule has 2 atom stereocenters. The van der Waals surface area contributed by atoms with Crippen molar-refractivity contribution in [2.45, 2.75) is 19.0 Å². The van der Waals surface area contributed by atoms with Crippen molar-refractivity contribution in [1.29, 1.82) is 0 Å². The van der Waals surface area contributed by atoms with E-state index in [4.69, 9.17) is 0 Å². The van der Waals surface area contributed by atoms with Crippen LogP contribution < -0.4 is 4.90 Å². The first-order valence-electron chi connectivity index (χ1n) is 8.06. The van der Waals surface area contributed by atoms with Gasteiger partial charge in [-0.05, 0) is 25.1 Å². The Hall–Kier alpha value is -2.00. The summed E-state index contributed by atoms with van der Waals surface area (Å²) in [4.78, 5) is 26.8. The number of amides is 1. The van der Waals surface area contributed by atoms with E-state index in [1.807, 2.05) is 24.0 Å². The molecule has 2 aliphatic rings. The third-order valence-electron chi connectivity index (χ3n) is 4.70. The molecule has 0 radical (unpaired) electrons. The summed E-state index contributed by atoms with van der Waals surface area (Å²) in [7, 11) is -3.20. The topological polar surface area (TPSA) is 83.5 Å². The molecular weight excluding hydrogens is 360 g/mol. The summed E-state index contributed by atoms with van der Waals surface area (Å²) in [5, 5.41) is 0. The average molecular weight is 378 g/mol. The SMILES string of the molecule is Cc1ccc(C(=O)N2CCN(c3ncccn3)[C@@H]3CS(=O)(=O)C[C@@H]32)s1. The number of sulfone groups is 1. The summed E-state index contributed by atoms with van der Waals surface area (Å²) in [5.74, 6) is 0.466. The van der Waals surface area contributed by atoms with Crippen molar-refractivity contribution in [3.05, 3.63) is 40.3 Å². The van der Waals surface area contributed by atoms with E-state index in [9.17, 15) is 13.2 Å². The molecule has 4 rings (SSSR count). The average Bonchev–Trinajstić information content (AvgIpc) is 3.16. The molecule has 0 aliphatic carbocycles. The van der Waals surface area contributed by atoms with Gasteiger partial charge in [-0.1, -0.05) is 0 Å². The zero-order valence-electron chi connectivity index (χ0n) is 13.7. The van der Waals surface area contributed by atoms with Crippen LogP contribution in [0.25, 0.3) is 0 Å². The van der Waals surface area contributed by atoms with Gasteiger partial charge in [-0.15, -0.1) is 11.3 Å². The van der Waals surface area contributed by atoms with Crippen molar-refractivity contribution in [1.82, 2.24) is 14.9 Å².